The smallest absolute Gasteiger partial charge is 0.312 e. The fourth-order valence-electron chi connectivity index (χ4n) is 2.93. The van der Waals surface area contributed by atoms with E-state index in [4.69, 9.17) is 17.3 Å². The Hall–Kier alpha value is -2.36. The van der Waals surface area contributed by atoms with Crippen LogP contribution in [0.1, 0.15) is 59.8 Å². The first-order valence-corrected chi connectivity index (χ1v) is 11.5. The molecule has 0 saturated carbocycles. The summed E-state index contributed by atoms with van der Waals surface area (Å²) in [6, 6.07) is -2.16. The van der Waals surface area contributed by atoms with Gasteiger partial charge < -0.3 is 27.0 Å². The lowest BCUT2D eigenvalue weighted by Gasteiger charge is -2.26. The number of Topliss-reactive ketones (excluding diaryl/α,β-unsaturated/α-hetero) is 1. The molecule has 0 aromatic carbocycles. The first-order chi connectivity index (χ1) is 15.0. The van der Waals surface area contributed by atoms with Crippen LogP contribution in [0.5, 0.6) is 0 Å². The average molecular weight is 476 g/mol. The van der Waals surface area contributed by atoms with Gasteiger partial charge in [-0.3, -0.25) is 19.2 Å². The van der Waals surface area contributed by atoms with Gasteiger partial charge in [0.1, 0.15) is 11.9 Å². The van der Waals surface area contributed by atoms with Gasteiger partial charge in [-0.25, -0.2) is 4.79 Å². The van der Waals surface area contributed by atoms with Crippen LogP contribution in [0.25, 0.3) is 0 Å². The van der Waals surface area contributed by atoms with Crippen LogP contribution in [0.4, 0.5) is 4.79 Å². The number of hydrogen-bond donors (Lipinski definition) is 5. The minimum absolute atomic E-state index is 0.104. The molecule has 0 heterocycles. The van der Waals surface area contributed by atoms with E-state index >= 15 is 0 Å². The summed E-state index contributed by atoms with van der Waals surface area (Å²) < 4.78 is 0. The maximum absolute atomic E-state index is 12.9. The Bertz CT molecular complexity index is 642. The van der Waals surface area contributed by atoms with E-state index in [9.17, 15) is 24.0 Å². The van der Waals surface area contributed by atoms with Gasteiger partial charge in [0.2, 0.25) is 17.7 Å². The van der Waals surface area contributed by atoms with E-state index in [1.165, 1.54) is 0 Å². The molecule has 0 aliphatic rings. The summed E-state index contributed by atoms with van der Waals surface area (Å²) >= 11 is 5.40. The molecule has 0 saturated heterocycles. The molecule has 0 aromatic heterocycles. The van der Waals surface area contributed by atoms with Crippen molar-refractivity contribution < 1.29 is 24.0 Å². The lowest BCUT2D eigenvalue weighted by Crippen LogP contribution is -2.54. The number of nitrogens with two attached hydrogens (primary N) is 1. The van der Waals surface area contributed by atoms with Crippen molar-refractivity contribution in [2.75, 3.05) is 19.0 Å². The van der Waals surface area contributed by atoms with E-state index in [-0.39, 0.29) is 41.7 Å². The van der Waals surface area contributed by atoms with Crippen molar-refractivity contribution in [3.05, 3.63) is 0 Å². The number of urea groups is 1. The number of halogens is 1. The molecule has 184 valence electrons. The Kier molecular flexibility index (Phi) is 15.1. The molecule has 0 radical (unpaired) electrons. The van der Waals surface area contributed by atoms with Crippen LogP contribution in [0.3, 0.4) is 0 Å². The SMILES string of the molecule is CC(C)C(=O)[C@H](CCCNC(N)=O)NC(=O)[C@@H](NC(=O)CCCCNC(=O)CCl)C(C)C. The van der Waals surface area contributed by atoms with Gasteiger partial charge >= 0.3 is 6.03 Å². The zero-order valence-corrected chi connectivity index (χ0v) is 20.2. The van der Waals surface area contributed by atoms with Crippen LogP contribution in [-0.2, 0) is 19.2 Å². The average Bonchev–Trinajstić information content (AvgIpc) is 2.72. The third-order valence-electron chi connectivity index (χ3n) is 4.74. The summed E-state index contributed by atoms with van der Waals surface area (Å²) in [6.07, 6.45) is 2.17. The second-order valence-electron chi connectivity index (χ2n) is 8.28. The molecule has 0 aliphatic carbocycles. The third kappa shape index (κ3) is 13.1. The fourth-order valence-corrected chi connectivity index (χ4v) is 3.03. The molecule has 0 bridgehead atoms. The van der Waals surface area contributed by atoms with Crippen molar-refractivity contribution >= 4 is 41.1 Å². The molecule has 32 heavy (non-hydrogen) atoms. The Morgan fingerprint density at radius 3 is 2.00 bits per heavy atom. The van der Waals surface area contributed by atoms with E-state index in [0.717, 1.165) is 0 Å². The molecular weight excluding hydrogens is 438 g/mol. The topological polar surface area (TPSA) is 159 Å². The highest BCUT2D eigenvalue weighted by Crippen LogP contribution is 2.09. The minimum Gasteiger partial charge on any atom is -0.355 e. The summed E-state index contributed by atoms with van der Waals surface area (Å²) in [5.74, 6) is -1.66. The van der Waals surface area contributed by atoms with Crippen molar-refractivity contribution in [1.82, 2.24) is 21.3 Å². The molecular formula is C21H38ClN5O5. The number of alkyl halides is 1. The standard InChI is InChI=1S/C21H38ClN5O5/c1-13(2)18(27-16(28)9-5-6-10-24-17(29)12-22)20(31)26-15(19(30)14(3)4)8-7-11-25-21(23)32/h13-15,18H,5-12H2,1-4H3,(H,24,29)(H,26,31)(H,27,28)(H3,23,25,32)/t15-,18-/m0/s1. The normalized spacial score (nSPS) is 12.7. The molecule has 6 N–H and O–H groups in total. The molecule has 0 aliphatic heterocycles. The maximum Gasteiger partial charge on any atom is 0.312 e. The van der Waals surface area contributed by atoms with Gasteiger partial charge in [0.25, 0.3) is 0 Å². The van der Waals surface area contributed by atoms with Crippen molar-refractivity contribution in [3.8, 4) is 0 Å². The number of ketones is 1. The molecule has 0 rings (SSSR count). The Labute approximate surface area is 195 Å². The number of nitrogens with one attached hydrogen (secondary N) is 4. The van der Waals surface area contributed by atoms with Gasteiger partial charge in [-0.05, 0) is 31.6 Å². The van der Waals surface area contributed by atoms with Crippen LogP contribution < -0.4 is 27.0 Å². The molecule has 2 atom stereocenters. The zero-order chi connectivity index (χ0) is 24.7. The van der Waals surface area contributed by atoms with Crippen molar-refractivity contribution in [1.29, 1.82) is 0 Å². The lowest BCUT2D eigenvalue weighted by atomic mass is 9.96. The maximum atomic E-state index is 12.9. The summed E-state index contributed by atoms with van der Waals surface area (Å²) in [7, 11) is 0. The van der Waals surface area contributed by atoms with Gasteiger partial charge in [-0.15, -0.1) is 11.6 Å². The van der Waals surface area contributed by atoms with Crippen LogP contribution in [0.2, 0.25) is 0 Å². The quantitative estimate of drug-likeness (QED) is 0.165. The van der Waals surface area contributed by atoms with Crippen LogP contribution in [-0.4, -0.2) is 60.6 Å². The summed E-state index contributed by atoms with van der Waals surface area (Å²) in [6.45, 7) is 7.84. The number of carbonyl (C=O) groups is 5. The van der Waals surface area contributed by atoms with Gasteiger partial charge in [0, 0.05) is 25.4 Å². The Balaban J connectivity index is 4.78. The van der Waals surface area contributed by atoms with Crippen molar-refractivity contribution in [2.24, 2.45) is 17.6 Å². The summed E-state index contributed by atoms with van der Waals surface area (Å²) in [5, 5.41) is 10.6. The van der Waals surface area contributed by atoms with E-state index in [1.807, 2.05) is 13.8 Å². The largest absolute Gasteiger partial charge is 0.355 e. The monoisotopic (exact) mass is 475 g/mol. The van der Waals surface area contributed by atoms with E-state index in [0.29, 0.717) is 38.8 Å². The van der Waals surface area contributed by atoms with Gasteiger partial charge in [0.05, 0.1) is 6.04 Å². The highest BCUT2D eigenvalue weighted by Gasteiger charge is 2.29. The van der Waals surface area contributed by atoms with Crippen molar-refractivity contribution in [2.45, 2.75) is 71.9 Å². The van der Waals surface area contributed by atoms with Gasteiger partial charge in [-0.2, -0.15) is 0 Å². The van der Waals surface area contributed by atoms with Crippen LogP contribution in [0, 0.1) is 11.8 Å². The predicted octanol–water partition coefficient (Wildman–Crippen LogP) is 0.811. The van der Waals surface area contributed by atoms with Crippen molar-refractivity contribution in [3.63, 3.8) is 0 Å². The number of rotatable bonds is 16. The molecule has 5 amide bonds. The minimum atomic E-state index is -0.787. The Morgan fingerprint density at radius 1 is 0.844 bits per heavy atom. The molecule has 0 spiro atoms. The summed E-state index contributed by atoms with van der Waals surface area (Å²) in [4.78, 5) is 59.6. The van der Waals surface area contributed by atoms with E-state index in [2.05, 4.69) is 21.3 Å². The molecule has 11 heteroatoms. The lowest BCUT2D eigenvalue weighted by molar-refractivity contribution is -0.133. The van der Waals surface area contributed by atoms with Gasteiger partial charge in [0.15, 0.2) is 5.78 Å². The van der Waals surface area contributed by atoms with Gasteiger partial charge in [-0.1, -0.05) is 27.7 Å². The first-order valence-electron chi connectivity index (χ1n) is 11.0. The molecule has 0 fully saturated rings. The first kappa shape index (κ1) is 29.6. The Morgan fingerprint density at radius 2 is 1.47 bits per heavy atom. The third-order valence-corrected chi connectivity index (χ3v) is 4.98. The van der Waals surface area contributed by atoms with E-state index < -0.39 is 24.0 Å². The molecule has 0 aromatic rings. The van der Waals surface area contributed by atoms with Crippen LogP contribution >= 0.6 is 11.6 Å². The highest BCUT2D eigenvalue weighted by molar-refractivity contribution is 6.27. The molecule has 0 unspecified atom stereocenters. The number of hydrogen-bond acceptors (Lipinski definition) is 5. The zero-order valence-electron chi connectivity index (χ0n) is 19.5. The highest BCUT2D eigenvalue weighted by atomic mass is 35.5. The predicted molar refractivity (Wildman–Crippen MR) is 123 cm³/mol. The van der Waals surface area contributed by atoms with Crippen LogP contribution in [0.15, 0.2) is 0 Å². The molecule has 10 nitrogen and oxygen atoms in total. The second kappa shape index (κ2) is 16.3. The number of carbonyl (C=O) groups excluding carboxylic acids is 5. The number of unbranched alkanes of at least 4 members (excludes halogenated alkanes) is 1. The number of amides is 5. The fraction of sp³-hybridized carbons (Fsp3) is 0.762. The van der Waals surface area contributed by atoms with E-state index in [1.54, 1.807) is 13.8 Å². The second-order valence-corrected chi connectivity index (χ2v) is 8.55. The summed E-state index contributed by atoms with van der Waals surface area (Å²) in [5.41, 5.74) is 5.04. The number of primary amides is 1.